The number of nitrogen functional groups attached to an aromatic ring is 1. The maximum atomic E-state index is 13.6. The van der Waals surface area contributed by atoms with Gasteiger partial charge in [0.25, 0.3) is 0 Å². The van der Waals surface area contributed by atoms with Crippen LogP contribution in [0.25, 0.3) is 0 Å². The number of aryl methyl sites for hydroxylation is 1. The highest BCUT2D eigenvalue weighted by Crippen LogP contribution is 2.23. The van der Waals surface area contributed by atoms with Gasteiger partial charge >= 0.3 is 0 Å². The van der Waals surface area contributed by atoms with Gasteiger partial charge in [0.2, 0.25) is 11.1 Å². The van der Waals surface area contributed by atoms with Crippen LogP contribution in [0.1, 0.15) is 23.9 Å². The Morgan fingerprint density at radius 1 is 1.21 bits per heavy atom. The van der Waals surface area contributed by atoms with Crippen molar-refractivity contribution in [3.63, 3.8) is 0 Å². The largest absolute Gasteiger partial charge is 0.336 e. The Bertz CT molecular complexity index is 990. The standard InChI is InChI=1S/C19H19F2N5OS/c1-11-3-8-15(10-16(11)21)23-18(27)12(2)28-19-25-24-17(26(19)22)9-13-4-6-14(20)7-5-13/h3-8,10,12H,9,22H2,1-2H3,(H,23,27)/t12-/m1/s1. The minimum Gasteiger partial charge on any atom is -0.336 e. The van der Waals surface area contributed by atoms with Gasteiger partial charge in [0.15, 0.2) is 5.82 Å². The van der Waals surface area contributed by atoms with Gasteiger partial charge in [-0.15, -0.1) is 10.2 Å². The number of nitrogens with one attached hydrogen (secondary N) is 1. The number of carbonyl (C=O) groups is 1. The summed E-state index contributed by atoms with van der Waals surface area (Å²) in [5, 5.41) is 10.6. The van der Waals surface area contributed by atoms with Crippen molar-refractivity contribution in [3.05, 3.63) is 71.1 Å². The van der Waals surface area contributed by atoms with Crippen LogP contribution in [-0.2, 0) is 11.2 Å². The summed E-state index contributed by atoms with van der Waals surface area (Å²) in [5.41, 5.74) is 1.72. The fourth-order valence-electron chi connectivity index (χ4n) is 2.42. The molecular weight excluding hydrogens is 384 g/mol. The molecule has 146 valence electrons. The topological polar surface area (TPSA) is 85.8 Å². The van der Waals surface area contributed by atoms with Crippen molar-refractivity contribution in [2.75, 3.05) is 11.2 Å². The lowest BCUT2D eigenvalue weighted by Crippen LogP contribution is -2.24. The molecule has 0 unspecified atom stereocenters. The Kier molecular flexibility index (Phi) is 5.93. The third kappa shape index (κ3) is 4.66. The van der Waals surface area contributed by atoms with Crippen molar-refractivity contribution in [1.82, 2.24) is 14.9 Å². The number of aromatic nitrogens is 3. The maximum Gasteiger partial charge on any atom is 0.237 e. The second-order valence-corrected chi connectivity index (χ2v) is 7.59. The van der Waals surface area contributed by atoms with Crippen LogP contribution in [0.15, 0.2) is 47.6 Å². The lowest BCUT2D eigenvalue weighted by molar-refractivity contribution is -0.115. The first-order valence-electron chi connectivity index (χ1n) is 8.51. The van der Waals surface area contributed by atoms with E-state index >= 15 is 0 Å². The van der Waals surface area contributed by atoms with E-state index in [2.05, 4.69) is 15.5 Å². The number of halogens is 2. The zero-order valence-corrected chi connectivity index (χ0v) is 16.1. The first-order valence-corrected chi connectivity index (χ1v) is 9.39. The molecule has 0 saturated carbocycles. The molecular formula is C19H19F2N5OS. The van der Waals surface area contributed by atoms with Gasteiger partial charge in [-0.3, -0.25) is 4.79 Å². The molecule has 0 aliphatic carbocycles. The molecule has 0 bridgehead atoms. The van der Waals surface area contributed by atoms with Gasteiger partial charge in [0, 0.05) is 12.1 Å². The van der Waals surface area contributed by atoms with Crippen LogP contribution in [0.5, 0.6) is 0 Å². The third-order valence-electron chi connectivity index (χ3n) is 4.10. The summed E-state index contributed by atoms with van der Waals surface area (Å²) in [4.78, 5) is 12.4. The summed E-state index contributed by atoms with van der Waals surface area (Å²) in [5.74, 6) is 5.51. The van der Waals surface area contributed by atoms with Gasteiger partial charge in [-0.05, 0) is 49.2 Å². The van der Waals surface area contributed by atoms with Crippen LogP contribution in [0, 0.1) is 18.6 Å². The molecule has 0 radical (unpaired) electrons. The Labute approximate surface area is 165 Å². The van der Waals surface area contributed by atoms with Crippen molar-refractivity contribution in [2.45, 2.75) is 30.7 Å². The average Bonchev–Trinajstić information content (AvgIpc) is 3.00. The fraction of sp³-hybridized carbons (Fsp3) is 0.211. The van der Waals surface area contributed by atoms with Gasteiger partial charge in [0.05, 0.1) is 5.25 Å². The van der Waals surface area contributed by atoms with Crippen molar-refractivity contribution in [1.29, 1.82) is 0 Å². The van der Waals surface area contributed by atoms with E-state index in [1.54, 1.807) is 38.1 Å². The molecule has 0 aliphatic heterocycles. The van der Waals surface area contributed by atoms with Gasteiger partial charge in [-0.25, -0.2) is 13.5 Å². The lowest BCUT2D eigenvalue weighted by atomic mass is 10.1. The smallest absolute Gasteiger partial charge is 0.237 e. The Morgan fingerprint density at radius 2 is 1.93 bits per heavy atom. The molecule has 3 rings (SSSR count). The molecule has 0 fully saturated rings. The molecule has 6 nitrogen and oxygen atoms in total. The molecule has 1 atom stereocenters. The van der Waals surface area contributed by atoms with E-state index in [1.165, 1.54) is 22.9 Å². The summed E-state index contributed by atoms with van der Waals surface area (Å²) in [6, 6.07) is 10.5. The van der Waals surface area contributed by atoms with Crippen LogP contribution in [0.3, 0.4) is 0 Å². The minimum absolute atomic E-state index is 0.309. The quantitative estimate of drug-likeness (QED) is 0.487. The fourth-order valence-corrected chi connectivity index (χ4v) is 3.21. The zero-order chi connectivity index (χ0) is 20.3. The first-order chi connectivity index (χ1) is 13.3. The molecule has 3 N–H and O–H groups in total. The first kappa shape index (κ1) is 19.8. The van der Waals surface area contributed by atoms with Gasteiger partial charge < -0.3 is 11.2 Å². The van der Waals surface area contributed by atoms with Crippen molar-refractivity contribution in [3.8, 4) is 0 Å². The van der Waals surface area contributed by atoms with E-state index in [1.807, 2.05) is 0 Å². The number of hydrogen-bond acceptors (Lipinski definition) is 5. The molecule has 1 aromatic heterocycles. The summed E-state index contributed by atoms with van der Waals surface area (Å²) in [6.45, 7) is 3.34. The number of nitrogens with two attached hydrogens (primary N) is 1. The number of amides is 1. The summed E-state index contributed by atoms with van der Waals surface area (Å²) >= 11 is 1.14. The van der Waals surface area contributed by atoms with Crippen molar-refractivity contribution >= 4 is 23.4 Å². The van der Waals surface area contributed by atoms with Gasteiger partial charge in [0.1, 0.15) is 11.6 Å². The van der Waals surface area contributed by atoms with Crippen molar-refractivity contribution < 1.29 is 13.6 Å². The molecule has 1 amide bonds. The molecule has 9 heteroatoms. The number of rotatable bonds is 6. The number of nitrogens with zero attached hydrogens (tertiary/aromatic N) is 3. The maximum absolute atomic E-state index is 13.6. The molecule has 2 aromatic carbocycles. The minimum atomic E-state index is -0.533. The normalized spacial score (nSPS) is 12.0. The highest BCUT2D eigenvalue weighted by atomic mass is 32.2. The second-order valence-electron chi connectivity index (χ2n) is 6.29. The monoisotopic (exact) mass is 403 g/mol. The average molecular weight is 403 g/mol. The van der Waals surface area contributed by atoms with E-state index < -0.39 is 5.25 Å². The van der Waals surface area contributed by atoms with E-state index in [-0.39, 0.29) is 17.5 Å². The summed E-state index contributed by atoms with van der Waals surface area (Å²) in [7, 11) is 0. The van der Waals surface area contributed by atoms with Crippen LogP contribution < -0.4 is 11.2 Å². The zero-order valence-electron chi connectivity index (χ0n) is 15.3. The highest BCUT2D eigenvalue weighted by Gasteiger charge is 2.20. The molecule has 1 heterocycles. The Hall–Kier alpha value is -2.94. The number of benzene rings is 2. The van der Waals surface area contributed by atoms with Crippen LogP contribution >= 0.6 is 11.8 Å². The lowest BCUT2D eigenvalue weighted by Gasteiger charge is -2.12. The Morgan fingerprint density at radius 3 is 2.61 bits per heavy atom. The molecule has 0 aliphatic rings. The molecule has 3 aromatic rings. The highest BCUT2D eigenvalue weighted by molar-refractivity contribution is 8.00. The molecule has 0 saturated heterocycles. The molecule has 28 heavy (non-hydrogen) atoms. The van der Waals surface area contributed by atoms with Gasteiger partial charge in [-0.2, -0.15) is 0 Å². The number of thioether (sulfide) groups is 1. The third-order valence-corrected chi connectivity index (χ3v) is 5.16. The van der Waals surface area contributed by atoms with E-state index in [0.29, 0.717) is 28.7 Å². The number of carbonyl (C=O) groups excluding carboxylic acids is 1. The van der Waals surface area contributed by atoms with E-state index in [9.17, 15) is 13.6 Å². The number of anilines is 1. The van der Waals surface area contributed by atoms with Crippen LogP contribution in [0.2, 0.25) is 0 Å². The van der Waals surface area contributed by atoms with E-state index in [0.717, 1.165) is 17.3 Å². The van der Waals surface area contributed by atoms with Crippen LogP contribution in [0.4, 0.5) is 14.5 Å². The summed E-state index contributed by atoms with van der Waals surface area (Å²) in [6.07, 6.45) is 0.383. The van der Waals surface area contributed by atoms with Gasteiger partial charge in [-0.1, -0.05) is 30.0 Å². The predicted octanol–water partition coefficient (Wildman–Crippen LogP) is 3.29. The predicted molar refractivity (Wildman–Crippen MR) is 104 cm³/mol. The summed E-state index contributed by atoms with van der Waals surface area (Å²) < 4.78 is 27.9. The van der Waals surface area contributed by atoms with Crippen LogP contribution in [-0.4, -0.2) is 26.0 Å². The van der Waals surface area contributed by atoms with E-state index in [4.69, 9.17) is 5.84 Å². The number of hydrogen-bond donors (Lipinski definition) is 2. The SMILES string of the molecule is Cc1ccc(NC(=O)[C@@H](C)Sc2nnc(Cc3ccc(F)cc3)n2N)cc1F. The van der Waals surface area contributed by atoms with Crippen molar-refractivity contribution in [2.24, 2.45) is 0 Å². The molecule has 0 spiro atoms. The Balaban J connectivity index is 1.64. The second kappa shape index (κ2) is 8.39.